The van der Waals surface area contributed by atoms with Gasteiger partial charge < -0.3 is 9.72 Å². The molecule has 6 heteroatoms. The topological polar surface area (TPSA) is 55.0 Å². The molecule has 2 rings (SSSR count). The number of benzene rings is 1. The van der Waals surface area contributed by atoms with Crippen LogP contribution in [0.2, 0.25) is 5.02 Å². The maximum absolute atomic E-state index is 11.3. The second kappa shape index (κ2) is 4.89. The van der Waals surface area contributed by atoms with E-state index < -0.39 is 5.97 Å². The third-order valence-corrected chi connectivity index (χ3v) is 2.97. The fourth-order valence-corrected chi connectivity index (χ4v) is 2.12. The molecule has 0 atom stereocenters. The van der Waals surface area contributed by atoms with Crippen molar-refractivity contribution in [1.82, 2.24) is 9.97 Å². The molecule has 1 aromatic carbocycles. The average molecular weight is 316 g/mol. The standard InChI is InChI=1S/C11H8BrClN2O2/c1-17-11(16)9-5-14-10(15-9)7-3-2-6(12)4-8(7)13/h2-5H,1H3,(H,14,15). The van der Waals surface area contributed by atoms with Gasteiger partial charge in [0, 0.05) is 10.0 Å². The van der Waals surface area contributed by atoms with E-state index in [0.717, 1.165) is 10.0 Å². The third kappa shape index (κ3) is 2.50. The van der Waals surface area contributed by atoms with E-state index in [1.54, 1.807) is 6.07 Å². The normalized spacial score (nSPS) is 10.3. The summed E-state index contributed by atoms with van der Waals surface area (Å²) in [6, 6.07) is 5.42. The summed E-state index contributed by atoms with van der Waals surface area (Å²) >= 11 is 9.40. The maximum atomic E-state index is 11.3. The first-order chi connectivity index (χ1) is 8.11. The second-order valence-electron chi connectivity index (χ2n) is 3.26. The zero-order valence-corrected chi connectivity index (χ0v) is 11.2. The minimum Gasteiger partial charge on any atom is -0.464 e. The van der Waals surface area contributed by atoms with Gasteiger partial charge in [0.05, 0.1) is 18.3 Å². The van der Waals surface area contributed by atoms with Gasteiger partial charge in [0.25, 0.3) is 0 Å². The number of ether oxygens (including phenoxy) is 1. The predicted molar refractivity (Wildman–Crippen MR) is 68.1 cm³/mol. The van der Waals surface area contributed by atoms with Crippen LogP contribution in [0.5, 0.6) is 0 Å². The van der Waals surface area contributed by atoms with Gasteiger partial charge in [0.1, 0.15) is 11.5 Å². The molecule has 1 N–H and O–H groups in total. The summed E-state index contributed by atoms with van der Waals surface area (Å²) < 4.78 is 5.46. The smallest absolute Gasteiger partial charge is 0.356 e. The molecule has 1 heterocycles. The minimum atomic E-state index is -0.461. The van der Waals surface area contributed by atoms with Crippen molar-refractivity contribution in [2.75, 3.05) is 7.11 Å². The summed E-state index contributed by atoms with van der Waals surface area (Å²) in [4.78, 5) is 18.2. The van der Waals surface area contributed by atoms with Crippen molar-refractivity contribution in [3.63, 3.8) is 0 Å². The third-order valence-electron chi connectivity index (χ3n) is 2.17. The number of rotatable bonds is 2. The molecule has 2 aromatic rings. The Bertz CT molecular complexity index is 568. The van der Waals surface area contributed by atoms with E-state index in [4.69, 9.17) is 11.6 Å². The lowest BCUT2D eigenvalue weighted by Crippen LogP contribution is -2.00. The average Bonchev–Trinajstić information content (AvgIpc) is 2.77. The molecule has 4 nitrogen and oxygen atoms in total. The number of esters is 1. The molecule has 0 amide bonds. The van der Waals surface area contributed by atoms with Crippen LogP contribution in [0.3, 0.4) is 0 Å². The molecule has 0 saturated carbocycles. The van der Waals surface area contributed by atoms with Gasteiger partial charge in [-0.3, -0.25) is 0 Å². The van der Waals surface area contributed by atoms with E-state index in [-0.39, 0.29) is 0 Å². The summed E-state index contributed by atoms with van der Waals surface area (Å²) in [5.74, 6) is 0.0693. The second-order valence-corrected chi connectivity index (χ2v) is 4.58. The largest absolute Gasteiger partial charge is 0.464 e. The van der Waals surface area contributed by atoms with Crippen LogP contribution in [-0.2, 0) is 4.74 Å². The molecule has 1 aromatic heterocycles. The fourth-order valence-electron chi connectivity index (χ4n) is 1.35. The highest BCUT2D eigenvalue weighted by Gasteiger charge is 2.12. The molecule has 0 spiro atoms. The van der Waals surface area contributed by atoms with Crippen LogP contribution >= 0.6 is 27.5 Å². The quantitative estimate of drug-likeness (QED) is 0.865. The van der Waals surface area contributed by atoms with Gasteiger partial charge >= 0.3 is 5.97 Å². The van der Waals surface area contributed by atoms with Crippen LogP contribution in [0.4, 0.5) is 0 Å². The van der Waals surface area contributed by atoms with E-state index in [1.807, 2.05) is 12.1 Å². The van der Waals surface area contributed by atoms with E-state index in [2.05, 4.69) is 30.6 Å². The fraction of sp³-hybridized carbons (Fsp3) is 0.0909. The van der Waals surface area contributed by atoms with Gasteiger partial charge in [0.15, 0.2) is 0 Å². The summed E-state index contributed by atoms with van der Waals surface area (Å²) in [6.45, 7) is 0. The Labute approximate surface area is 111 Å². The number of aromatic nitrogens is 2. The highest BCUT2D eigenvalue weighted by Crippen LogP contribution is 2.28. The number of nitrogens with one attached hydrogen (secondary N) is 1. The number of nitrogens with zero attached hydrogens (tertiary/aromatic N) is 1. The molecule has 0 aliphatic rings. The van der Waals surface area contributed by atoms with Crippen molar-refractivity contribution in [3.05, 3.63) is 39.6 Å². The Morgan fingerprint density at radius 1 is 1.53 bits per heavy atom. The number of H-pyrrole nitrogens is 1. The van der Waals surface area contributed by atoms with Crippen molar-refractivity contribution in [2.24, 2.45) is 0 Å². The number of carbonyl (C=O) groups excluding carboxylic acids is 1. The van der Waals surface area contributed by atoms with Crippen molar-refractivity contribution in [2.45, 2.75) is 0 Å². The van der Waals surface area contributed by atoms with Crippen LogP contribution in [0.1, 0.15) is 10.5 Å². The molecule has 0 radical (unpaired) electrons. The number of imidazole rings is 1. The number of halogens is 2. The lowest BCUT2D eigenvalue weighted by molar-refractivity contribution is 0.0595. The van der Waals surface area contributed by atoms with Crippen molar-refractivity contribution in [1.29, 1.82) is 0 Å². The van der Waals surface area contributed by atoms with Gasteiger partial charge in [0.2, 0.25) is 0 Å². The number of carbonyl (C=O) groups is 1. The number of hydrogen-bond donors (Lipinski definition) is 1. The molecule has 0 unspecified atom stereocenters. The van der Waals surface area contributed by atoms with E-state index in [1.165, 1.54) is 13.3 Å². The van der Waals surface area contributed by atoms with Crippen LogP contribution in [-0.4, -0.2) is 23.0 Å². The predicted octanol–water partition coefficient (Wildman–Crippen LogP) is 3.28. The Morgan fingerprint density at radius 3 is 2.94 bits per heavy atom. The zero-order chi connectivity index (χ0) is 12.4. The molecule has 0 aliphatic heterocycles. The highest BCUT2D eigenvalue weighted by atomic mass is 79.9. The Hall–Kier alpha value is -1.33. The molecule has 0 saturated heterocycles. The zero-order valence-electron chi connectivity index (χ0n) is 8.83. The Kier molecular flexibility index (Phi) is 3.49. The number of hydrogen-bond acceptors (Lipinski definition) is 3. The number of methoxy groups -OCH3 is 1. The van der Waals surface area contributed by atoms with Crippen LogP contribution in [0.15, 0.2) is 28.9 Å². The Morgan fingerprint density at radius 2 is 2.29 bits per heavy atom. The van der Waals surface area contributed by atoms with Gasteiger partial charge in [-0.15, -0.1) is 0 Å². The van der Waals surface area contributed by atoms with Crippen LogP contribution in [0, 0.1) is 0 Å². The van der Waals surface area contributed by atoms with E-state index >= 15 is 0 Å². The van der Waals surface area contributed by atoms with Crippen molar-refractivity contribution in [3.8, 4) is 11.4 Å². The van der Waals surface area contributed by atoms with Gasteiger partial charge in [-0.25, -0.2) is 9.78 Å². The SMILES string of the molecule is COC(=O)c1cnc(-c2ccc(Br)cc2Cl)[nH]1. The summed E-state index contributed by atoms with van der Waals surface area (Å²) in [6.07, 6.45) is 1.42. The summed E-state index contributed by atoms with van der Waals surface area (Å²) in [5, 5.41) is 0.546. The van der Waals surface area contributed by atoms with Crippen molar-refractivity contribution < 1.29 is 9.53 Å². The molecular formula is C11H8BrClN2O2. The van der Waals surface area contributed by atoms with Crippen LogP contribution in [0.25, 0.3) is 11.4 Å². The lowest BCUT2D eigenvalue weighted by Gasteiger charge is -2.01. The maximum Gasteiger partial charge on any atom is 0.356 e. The van der Waals surface area contributed by atoms with Gasteiger partial charge in [-0.2, -0.15) is 0 Å². The summed E-state index contributed by atoms with van der Waals surface area (Å²) in [5.41, 5.74) is 1.02. The van der Waals surface area contributed by atoms with Gasteiger partial charge in [-0.1, -0.05) is 27.5 Å². The summed E-state index contributed by atoms with van der Waals surface area (Å²) in [7, 11) is 1.31. The van der Waals surface area contributed by atoms with E-state index in [0.29, 0.717) is 16.5 Å². The van der Waals surface area contributed by atoms with E-state index in [9.17, 15) is 4.79 Å². The minimum absolute atomic E-state index is 0.293. The molecule has 88 valence electrons. The Balaban J connectivity index is 2.40. The highest BCUT2D eigenvalue weighted by molar-refractivity contribution is 9.10. The van der Waals surface area contributed by atoms with Gasteiger partial charge in [-0.05, 0) is 18.2 Å². The first-order valence-electron chi connectivity index (χ1n) is 4.70. The van der Waals surface area contributed by atoms with Crippen LogP contribution < -0.4 is 0 Å². The molecule has 0 fully saturated rings. The lowest BCUT2D eigenvalue weighted by atomic mass is 10.2. The molecule has 0 bridgehead atoms. The monoisotopic (exact) mass is 314 g/mol. The molecule has 0 aliphatic carbocycles. The van der Waals surface area contributed by atoms with Crippen molar-refractivity contribution >= 4 is 33.5 Å². The molecular weight excluding hydrogens is 307 g/mol. The first-order valence-corrected chi connectivity index (χ1v) is 5.87. The number of aromatic amines is 1. The first kappa shape index (κ1) is 12.1. The molecule has 17 heavy (non-hydrogen) atoms.